The van der Waals surface area contributed by atoms with Crippen molar-refractivity contribution >= 4 is 38.7 Å². The first-order valence-electron chi connectivity index (χ1n) is 10.5. The monoisotopic (exact) mass is 506 g/mol. The number of carbonyl (C=O) groups is 1. The number of amides is 1. The molecule has 2 unspecified atom stereocenters. The van der Waals surface area contributed by atoms with Gasteiger partial charge >= 0.3 is 12.1 Å². The summed E-state index contributed by atoms with van der Waals surface area (Å²) < 4.78 is 21.1. The van der Waals surface area contributed by atoms with Crippen LogP contribution in [0.3, 0.4) is 0 Å². The van der Waals surface area contributed by atoms with Crippen LogP contribution in [0.2, 0.25) is 0 Å². The lowest BCUT2D eigenvalue weighted by molar-refractivity contribution is 0.119. The summed E-state index contributed by atoms with van der Waals surface area (Å²) in [6.07, 6.45) is 1.12. The van der Waals surface area contributed by atoms with Gasteiger partial charge in [0.05, 0.1) is 23.0 Å². The molecule has 0 saturated carbocycles. The zero-order chi connectivity index (χ0) is 22.8. The van der Waals surface area contributed by atoms with E-state index in [1.807, 2.05) is 11.9 Å². The van der Waals surface area contributed by atoms with Crippen molar-refractivity contribution in [2.75, 3.05) is 44.7 Å². The van der Waals surface area contributed by atoms with E-state index < -0.39 is 18.0 Å². The fourth-order valence-electron chi connectivity index (χ4n) is 4.35. The van der Waals surface area contributed by atoms with Gasteiger partial charge in [0.15, 0.2) is 5.82 Å². The first-order chi connectivity index (χ1) is 15.4. The van der Waals surface area contributed by atoms with Crippen LogP contribution in [0, 0.1) is 17.1 Å². The van der Waals surface area contributed by atoms with E-state index in [1.165, 1.54) is 4.90 Å². The van der Waals surface area contributed by atoms with Crippen LogP contribution in [0.15, 0.2) is 16.6 Å². The summed E-state index contributed by atoms with van der Waals surface area (Å²) in [5.74, 6) is -0.0316. The molecule has 11 heteroatoms. The number of rotatable bonds is 5. The van der Waals surface area contributed by atoms with Crippen LogP contribution in [-0.4, -0.2) is 82.9 Å². The van der Waals surface area contributed by atoms with E-state index in [9.17, 15) is 14.3 Å². The molecule has 1 aromatic heterocycles. The predicted octanol–water partition coefficient (Wildman–Crippen LogP) is 3.09. The number of fused-ring (bicyclic) bond motifs is 1. The highest BCUT2D eigenvalue weighted by Gasteiger charge is 2.32. The summed E-state index contributed by atoms with van der Waals surface area (Å²) in [5.41, 5.74) is 0.136. The molecule has 0 radical (unpaired) electrons. The third-order valence-electron chi connectivity index (χ3n) is 6.15. The van der Waals surface area contributed by atoms with Gasteiger partial charge in [-0.2, -0.15) is 15.2 Å². The van der Waals surface area contributed by atoms with Crippen LogP contribution in [0.4, 0.5) is 15.0 Å². The van der Waals surface area contributed by atoms with Crippen molar-refractivity contribution in [3.63, 3.8) is 0 Å². The van der Waals surface area contributed by atoms with E-state index in [4.69, 9.17) is 10.00 Å². The number of likely N-dealkylation sites (N-methyl/N-ethyl adjacent to an activating group) is 1. The normalized spacial score (nSPS) is 21.7. The fraction of sp³-hybridized carbons (Fsp3) is 0.524. The van der Waals surface area contributed by atoms with E-state index in [0.29, 0.717) is 24.4 Å². The van der Waals surface area contributed by atoms with E-state index in [0.717, 1.165) is 19.4 Å². The summed E-state index contributed by atoms with van der Waals surface area (Å²) in [4.78, 5) is 25.9. The average Bonchev–Trinajstić information content (AvgIpc) is 3.19. The smallest absolute Gasteiger partial charge is 0.407 e. The van der Waals surface area contributed by atoms with E-state index >= 15 is 0 Å². The summed E-state index contributed by atoms with van der Waals surface area (Å²) in [6, 6.07) is 5.22. The molecule has 4 rings (SSSR count). The maximum atomic E-state index is 14.9. The van der Waals surface area contributed by atoms with Crippen molar-refractivity contribution in [3.05, 3.63) is 22.4 Å². The molecule has 2 saturated heterocycles. The summed E-state index contributed by atoms with van der Waals surface area (Å²) in [7, 11) is 2.04. The number of ether oxygens (including phenoxy) is 1. The van der Waals surface area contributed by atoms with Gasteiger partial charge in [0.1, 0.15) is 17.9 Å². The second-order valence-electron chi connectivity index (χ2n) is 8.11. The van der Waals surface area contributed by atoms with Gasteiger partial charge in [0.2, 0.25) is 0 Å². The minimum absolute atomic E-state index is 0.0586. The highest BCUT2D eigenvalue weighted by atomic mass is 79.9. The summed E-state index contributed by atoms with van der Waals surface area (Å²) in [6.45, 7) is 2.26. The molecule has 2 aliphatic rings. The maximum Gasteiger partial charge on any atom is 0.407 e. The zero-order valence-corrected chi connectivity index (χ0v) is 19.3. The number of benzene rings is 1. The molecule has 170 valence electrons. The minimum Gasteiger partial charge on any atom is -0.465 e. The lowest BCUT2D eigenvalue weighted by Gasteiger charge is -2.39. The summed E-state index contributed by atoms with van der Waals surface area (Å²) >= 11 is 3.21. The molecule has 0 aliphatic carbocycles. The van der Waals surface area contributed by atoms with Gasteiger partial charge in [0, 0.05) is 31.1 Å². The van der Waals surface area contributed by atoms with Crippen molar-refractivity contribution < 1.29 is 19.0 Å². The maximum absolute atomic E-state index is 14.9. The van der Waals surface area contributed by atoms with Crippen LogP contribution < -0.4 is 9.64 Å². The van der Waals surface area contributed by atoms with E-state index in [-0.39, 0.29) is 41.6 Å². The van der Waals surface area contributed by atoms with Crippen LogP contribution in [0.25, 0.3) is 10.9 Å². The molecule has 1 amide bonds. The molecular weight excluding hydrogens is 483 g/mol. The zero-order valence-electron chi connectivity index (χ0n) is 17.7. The Kier molecular flexibility index (Phi) is 6.62. The Bertz CT molecular complexity index is 1060. The topological polar surface area (TPSA) is 106 Å². The summed E-state index contributed by atoms with van der Waals surface area (Å²) in [5, 5.41) is 19.1. The van der Waals surface area contributed by atoms with Crippen molar-refractivity contribution in [2.45, 2.75) is 31.3 Å². The Morgan fingerprint density at radius 1 is 1.34 bits per heavy atom. The van der Waals surface area contributed by atoms with Crippen LogP contribution >= 0.6 is 15.9 Å². The standard InChI is InChI=1S/C21H24BrFN6O3/c1-27-8-2-3-14(27)12-32-20-25-18-15(4-5-16(22)17(18)23)19(26-20)28-9-10-29(21(30)31)13(11-28)6-7-24/h4-5,13-14H,2-3,6,8-12H2,1H3,(H,30,31). The number of nitrogens with zero attached hydrogens (tertiary/aromatic N) is 6. The Hall–Kier alpha value is -2.71. The largest absolute Gasteiger partial charge is 0.465 e. The number of hydrogen-bond donors (Lipinski definition) is 1. The first-order valence-corrected chi connectivity index (χ1v) is 11.3. The molecule has 1 N–H and O–H groups in total. The molecular formula is C21H24BrFN6O3. The highest BCUT2D eigenvalue weighted by Crippen LogP contribution is 2.33. The van der Waals surface area contributed by atoms with Crippen molar-refractivity contribution in [1.82, 2.24) is 19.8 Å². The molecule has 2 aromatic rings. The molecule has 2 aliphatic heterocycles. The van der Waals surface area contributed by atoms with E-state index in [2.05, 4.69) is 36.9 Å². The van der Waals surface area contributed by atoms with E-state index in [1.54, 1.807) is 12.1 Å². The van der Waals surface area contributed by atoms with Crippen LogP contribution in [0.5, 0.6) is 6.01 Å². The molecule has 9 nitrogen and oxygen atoms in total. The van der Waals surface area contributed by atoms with Gasteiger partial charge in [-0.25, -0.2) is 9.18 Å². The van der Waals surface area contributed by atoms with Crippen molar-refractivity contribution in [3.8, 4) is 12.1 Å². The fourth-order valence-corrected chi connectivity index (χ4v) is 4.67. The number of anilines is 1. The van der Waals surface area contributed by atoms with Gasteiger partial charge < -0.3 is 24.5 Å². The number of nitriles is 1. The quantitative estimate of drug-likeness (QED) is 0.659. The first kappa shape index (κ1) is 22.5. The second-order valence-corrected chi connectivity index (χ2v) is 8.97. The lowest BCUT2D eigenvalue weighted by atomic mass is 10.1. The number of hydrogen-bond acceptors (Lipinski definition) is 7. The minimum atomic E-state index is -1.06. The molecule has 3 heterocycles. The Morgan fingerprint density at radius 3 is 2.84 bits per heavy atom. The SMILES string of the molecule is CN1CCCC1COc1nc(N2CCN(C(=O)O)C(CC#N)C2)c2ccc(Br)c(F)c2n1. The van der Waals surface area contributed by atoms with Gasteiger partial charge in [-0.15, -0.1) is 0 Å². The Balaban J connectivity index is 1.68. The van der Waals surface area contributed by atoms with Gasteiger partial charge in [-0.05, 0) is 54.5 Å². The number of halogens is 2. The third kappa shape index (κ3) is 4.42. The van der Waals surface area contributed by atoms with Gasteiger partial charge in [-0.3, -0.25) is 0 Å². The Morgan fingerprint density at radius 2 is 2.16 bits per heavy atom. The highest BCUT2D eigenvalue weighted by molar-refractivity contribution is 9.10. The lowest BCUT2D eigenvalue weighted by Crippen LogP contribution is -2.55. The molecule has 32 heavy (non-hydrogen) atoms. The molecule has 2 atom stereocenters. The second kappa shape index (κ2) is 9.42. The van der Waals surface area contributed by atoms with Crippen molar-refractivity contribution in [1.29, 1.82) is 5.26 Å². The van der Waals surface area contributed by atoms with Crippen LogP contribution in [-0.2, 0) is 0 Å². The average molecular weight is 507 g/mol. The van der Waals surface area contributed by atoms with Crippen molar-refractivity contribution in [2.24, 2.45) is 0 Å². The molecule has 0 spiro atoms. The third-order valence-corrected chi connectivity index (χ3v) is 6.76. The Labute approximate surface area is 193 Å². The van der Waals surface area contributed by atoms with Gasteiger partial charge in [-0.1, -0.05) is 0 Å². The predicted molar refractivity (Wildman–Crippen MR) is 119 cm³/mol. The number of piperazine rings is 1. The number of carboxylic acid groups (broad SMARTS) is 1. The molecule has 0 bridgehead atoms. The molecule has 2 fully saturated rings. The number of likely N-dealkylation sites (tertiary alicyclic amines) is 1. The number of aromatic nitrogens is 2. The van der Waals surface area contributed by atoms with Crippen LogP contribution in [0.1, 0.15) is 19.3 Å². The van der Waals surface area contributed by atoms with Gasteiger partial charge in [0.25, 0.3) is 0 Å². The molecule has 1 aromatic carbocycles.